The van der Waals surface area contributed by atoms with Crippen LogP contribution in [0.4, 0.5) is 4.79 Å². The van der Waals surface area contributed by atoms with Gasteiger partial charge in [0.1, 0.15) is 11.6 Å². The summed E-state index contributed by atoms with van der Waals surface area (Å²) in [6.07, 6.45) is 7.82. The molecule has 4 fully saturated rings. The van der Waals surface area contributed by atoms with Crippen LogP contribution in [0.2, 0.25) is 0 Å². The van der Waals surface area contributed by atoms with Crippen LogP contribution in [0, 0.1) is 17.3 Å². The predicted octanol–water partition coefficient (Wildman–Crippen LogP) is 5.31. The van der Waals surface area contributed by atoms with E-state index < -0.39 is 35.2 Å². The normalized spacial score (nSPS) is 23.2. The average Bonchev–Trinajstić information content (AvgIpc) is 3.47. The molecule has 5 rings (SSSR count). The van der Waals surface area contributed by atoms with Crippen LogP contribution in [0.25, 0.3) is 0 Å². The van der Waals surface area contributed by atoms with Gasteiger partial charge in [0.15, 0.2) is 0 Å². The molecule has 1 spiro atoms. The smallest absolute Gasteiger partial charge is 0.410 e. The topological polar surface area (TPSA) is 124 Å². The summed E-state index contributed by atoms with van der Waals surface area (Å²) in [6, 6.07) is 6.65. The van der Waals surface area contributed by atoms with Crippen molar-refractivity contribution in [2.45, 2.75) is 109 Å². The molecule has 0 aromatic heterocycles. The van der Waals surface area contributed by atoms with Crippen molar-refractivity contribution in [1.82, 2.24) is 15.1 Å². The number of nitrogens with zero attached hydrogens (tertiary/aromatic N) is 2. The van der Waals surface area contributed by atoms with Gasteiger partial charge in [-0.05, 0) is 95.8 Å². The van der Waals surface area contributed by atoms with E-state index >= 15 is 0 Å². The number of hydrogen-bond donors (Lipinski definition) is 1. The highest BCUT2D eigenvalue weighted by molar-refractivity contribution is 5.90. The molecule has 11 heteroatoms. The molecule has 3 amide bonds. The quantitative estimate of drug-likeness (QED) is 0.348. The summed E-state index contributed by atoms with van der Waals surface area (Å²) in [7, 11) is 1.37. The number of esters is 1. The Morgan fingerprint density at radius 3 is 2.22 bits per heavy atom. The van der Waals surface area contributed by atoms with E-state index in [9.17, 15) is 19.2 Å². The standard InChI is InChI=1S/C38H57N3O8/c1-26(48-24-27-9-7-6-8-10-27)32(34(43)40-19-15-29(16-20-40)28-11-13-30(14-12-28)35(44)46-5)39-33(42)31-23-41(36(45)49-37(2,3)4)25-38(31)17-21-47-22-18-38/h11-14,26-27,29,31-32H,6-10,15-25H2,1-5H3,(H,39,42)/t26-,31?,32+/m1/s1. The first kappa shape index (κ1) is 37.1. The SMILES string of the molecule is COC(=O)c1ccc(C2CCN(C(=O)[C@@H](NC(=O)C3CN(C(=O)OC(C)(C)C)CC34CCOCC4)[C@@H](C)OCC3CCCCC3)CC2)cc1. The molecule has 3 aliphatic heterocycles. The van der Waals surface area contributed by atoms with Crippen LogP contribution in [-0.2, 0) is 28.5 Å². The van der Waals surface area contributed by atoms with Gasteiger partial charge in [0.25, 0.3) is 0 Å². The zero-order valence-electron chi connectivity index (χ0n) is 30.2. The van der Waals surface area contributed by atoms with Crippen molar-refractivity contribution in [3.8, 4) is 0 Å². The van der Waals surface area contributed by atoms with Gasteiger partial charge < -0.3 is 34.1 Å². The molecular weight excluding hydrogens is 626 g/mol. The zero-order chi connectivity index (χ0) is 35.2. The van der Waals surface area contributed by atoms with Gasteiger partial charge in [-0.3, -0.25) is 9.59 Å². The molecule has 3 saturated heterocycles. The lowest BCUT2D eigenvalue weighted by Crippen LogP contribution is -2.58. The Labute approximate surface area is 291 Å². The molecule has 11 nitrogen and oxygen atoms in total. The van der Waals surface area contributed by atoms with Crippen LogP contribution in [0.5, 0.6) is 0 Å². The first-order valence-electron chi connectivity index (χ1n) is 18.3. The van der Waals surface area contributed by atoms with Crippen LogP contribution in [-0.4, -0.2) is 105 Å². The van der Waals surface area contributed by atoms with Crippen molar-refractivity contribution >= 4 is 23.9 Å². The van der Waals surface area contributed by atoms with Crippen molar-refractivity contribution in [3.05, 3.63) is 35.4 Å². The molecule has 3 heterocycles. The minimum Gasteiger partial charge on any atom is -0.465 e. The van der Waals surface area contributed by atoms with Crippen molar-refractivity contribution in [1.29, 1.82) is 0 Å². The Kier molecular flexibility index (Phi) is 12.3. The van der Waals surface area contributed by atoms with Crippen LogP contribution < -0.4 is 5.32 Å². The second-order valence-corrected chi connectivity index (χ2v) is 15.6. The molecule has 0 bridgehead atoms. The lowest BCUT2D eigenvalue weighted by molar-refractivity contribution is -0.144. The summed E-state index contributed by atoms with van der Waals surface area (Å²) in [5.74, 6) is -0.491. The maximum atomic E-state index is 14.3. The van der Waals surface area contributed by atoms with E-state index in [1.54, 1.807) is 17.0 Å². The Morgan fingerprint density at radius 1 is 0.959 bits per heavy atom. The number of carbonyl (C=O) groups excluding carboxylic acids is 4. The fourth-order valence-electron chi connectivity index (χ4n) is 8.09. The highest BCUT2D eigenvalue weighted by Gasteiger charge is 2.53. The molecule has 272 valence electrons. The number of rotatable bonds is 9. The van der Waals surface area contributed by atoms with Crippen LogP contribution >= 0.6 is 0 Å². The minimum absolute atomic E-state index is 0.132. The molecule has 1 unspecified atom stereocenters. The van der Waals surface area contributed by atoms with Crippen molar-refractivity contribution in [3.63, 3.8) is 0 Å². The number of benzene rings is 1. The molecule has 1 aromatic rings. The Balaban J connectivity index is 1.29. The third-order valence-corrected chi connectivity index (χ3v) is 11.1. The summed E-state index contributed by atoms with van der Waals surface area (Å²) in [5.41, 5.74) is 0.550. The number of hydrogen-bond acceptors (Lipinski definition) is 8. The maximum absolute atomic E-state index is 14.3. The molecule has 0 radical (unpaired) electrons. The zero-order valence-corrected chi connectivity index (χ0v) is 30.2. The van der Waals surface area contributed by atoms with E-state index in [2.05, 4.69) is 5.32 Å². The number of nitrogens with one attached hydrogen (secondary N) is 1. The lowest BCUT2D eigenvalue weighted by Gasteiger charge is -2.39. The summed E-state index contributed by atoms with van der Waals surface area (Å²) in [5, 5.41) is 3.17. The van der Waals surface area contributed by atoms with Crippen LogP contribution in [0.1, 0.15) is 107 Å². The van der Waals surface area contributed by atoms with Gasteiger partial charge in [0.05, 0.1) is 24.7 Å². The first-order chi connectivity index (χ1) is 23.4. The lowest BCUT2D eigenvalue weighted by atomic mass is 9.71. The number of piperidine rings is 1. The van der Waals surface area contributed by atoms with E-state index in [1.807, 2.05) is 44.7 Å². The fourth-order valence-corrected chi connectivity index (χ4v) is 8.09. The third kappa shape index (κ3) is 9.34. The van der Waals surface area contributed by atoms with Crippen molar-refractivity contribution in [2.75, 3.05) is 53.1 Å². The molecule has 1 aromatic carbocycles. The number of methoxy groups -OCH3 is 1. The van der Waals surface area contributed by atoms with Gasteiger partial charge in [-0.1, -0.05) is 31.4 Å². The summed E-state index contributed by atoms with van der Waals surface area (Å²) in [6.45, 7) is 10.8. The van der Waals surface area contributed by atoms with Crippen molar-refractivity contribution in [2.24, 2.45) is 17.3 Å². The van der Waals surface area contributed by atoms with E-state index in [1.165, 1.54) is 26.4 Å². The largest absolute Gasteiger partial charge is 0.465 e. The Hall–Kier alpha value is -3.18. The highest BCUT2D eigenvalue weighted by atomic mass is 16.6. The van der Waals surface area contributed by atoms with Crippen LogP contribution in [0.15, 0.2) is 24.3 Å². The van der Waals surface area contributed by atoms with Gasteiger partial charge >= 0.3 is 12.1 Å². The first-order valence-corrected chi connectivity index (χ1v) is 18.3. The van der Waals surface area contributed by atoms with Gasteiger partial charge in [-0.2, -0.15) is 0 Å². The van der Waals surface area contributed by atoms with Gasteiger partial charge in [0.2, 0.25) is 11.8 Å². The minimum atomic E-state index is -0.848. The number of carbonyl (C=O) groups is 4. The Bertz CT molecular complexity index is 1290. The average molecular weight is 684 g/mol. The molecule has 1 aliphatic carbocycles. The fraction of sp³-hybridized carbons (Fsp3) is 0.737. The molecule has 3 atom stereocenters. The molecular formula is C38H57N3O8. The van der Waals surface area contributed by atoms with E-state index in [4.69, 9.17) is 18.9 Å². The summed E-state index contributed by atoms with van der Waals surface area (Å²) < 4.78 is 22.6. The van der Waals surface area contributed by atoms with Gasteiger partial charge in [-0.15, -0.1) is 0 Å². The van der Waals surface area contributed by atoms with E-state index in [0.29, 0.717) is 63.8 Å². The molecule has 4 aliphatic rings. The highest BCUT2D eigenvalue weighted by Crippen LogP contribution is 2.45. The Morgan fingerprint density at radius 2 is 1.61 bits per heavy atom. The maximum Gasteiger partial charge on any atom is 0.410 e. The van der Waals surface area contributed by atoms with Gasteiger partial charge in [-0.25, -0.2) is 9.59 Å². The summed E-state index contributed by atoms with van der Waals surface area (Å²) >= 11 is 0. The summed E-state index contributed by atoms with van der Waals surface area (Å²) in [4.78, 5) is 57.2. The van der Waals surface area contributed by atoms with E-state index in [0.717, 1.165) is 31.2 Å². The van der Waals surface area contributed by atoms with E-state index in [-0.39, 0.29) is 30.2 Å². The second-order valence-electron chi connectivity index (χ2n) is 15.6. The number of amides is 3. The monoisotopic (exact) mass is 683 g/mol. The molecule has 49 heavy (non-hydrogen) atoms. The third-order valence-electron chi connectivity index (χ3n) is 11.1. The molecule has 1 saturated carbocycles. The number of likely N-dealkylation sites (tertiary alicyclic amines) is 2. The second kappa shape index (κ2) is 16.2. The van der Waals surface area contributed by atoms with Gasteiger partial charge in [0, 0.05) is 51.4 Å². The van der Waals surface area contributed by atoms with Crippen molar-refractivity contribution < 1.29 is 38.1 Å². The van der Waals surface area contributed by atoms with Crippen LogP contribution in [0.3, 0.4) is 0 Å². The molecule has 1 N–H and O–H groups in total. The predicted molar refractivity (Wildman–Crippen MR) is 184 cm³/mol. The number of ether oxygens (including phenoxy) is 4.